The second kappa shape index (κ2) is 10.1. The van der Waals surface area contributed by atoms with E-state index in [-0.39, 0.29) is 30.9 Å². The van der Waals surface area contributed by atoms with E-state index in [1.807, 2.05) is 12.1 Å². The highest BCUT2D eigenvalue weighted by atomic mass is 19.1. The Balaban J connectivity index is 1.56. The van der Waals surface area contributed by atoms with Crippen molar-refractivity contribution < 1.29 is 23.5 Å². The highest BCUT2D eigenvalue weighted by molar-refractivity contribution is 6.01. The van der Waals surface area contributed by atoms with Crippen LogP contribution in [0.5, 0.6) is 0 Å². The third kappa shape index (κ3) is 5.57. The number of carbonyl (C=O) groups excluding carboxylic acids is 3. The zero-order valence-electron chi connectivity index (χ0n) is 21.6. The van der Waals surface area contributed by atoms with Gasteiger partial charge in [0.2, 0.25) is 5.91 Å². The summed E-state index contributed by atoms with van der Waals surface area (Å²) in [6, 6.07) is 10.2. The molecule has 2 heterocycles. The number of hydrogen-bond donors (Lipinski definition) is 1. The van der Waals surface area contributed by atoms with Crippen LogP contribution in [0.3, 0.4) is 0 Å². The number of halogens is 1. The van der Waals surface area contributed by atoms with Crippen LogP contribution in [0, 0.1) is 17.1 Å². The summed E-state index contributed by atoms with van der Waals surface area (Å²) in [6.07, 6.45) is 1.77. The topological polar surface area (TPSA) is 131 Å². The Hall–Kier alpha value is -4.52. The molecular formula is C28H28FN5O4. The monoisotopic (exact) mass is 517 g/mol. The van der Waals surface area contributed by atoms with Crippen molar-refractivity contribution in [1.82, 2.24) is 14.5 Å². The molecule has 0 saturated carbocycles. The quantitative estimate of drug-likeness (QED) is 0.476. The van der Waals surface area contributed by atoms with Crippen molar-refractivity contribution in [3.8, 4) is 28.7 Å². The Bertz CT molecular complexity index is 1480. The third-order valence-corrected chi connectivity index (χ3v) is 6.14. The molecule has 1 aliphatic rings. The van der Waals surface area contributed by atoms with Gasteiger partial charge < -0.3 is 19.9 Å². The van der Waals surface area contributed by atoms with Crippen molar-refractivity contribution in [2.45, 2.75) is 51.8 Å². The number of carbonyl (C=O) groups is 3. The lowest BCUT2D eigenvalue weighted by Gasteiger charge is -2.25. The molecule has 0 radical (unpaired) electrons. The maximum Gasteiger partial charge on any atom is 0.306 e. The van der Waals surface area contributed by atoms with Crippen LogP contribution in [0.1, 0.15) is 55.1 Å². The summed E-state index contributed by atoms with van der Waals surface area (Å²) < 4.78 is 21.0. The standard InChI is InChI=1S/C28H28FN5O4/c1-28(2,3)38-24(35)8-7-23(25(31)36)34-14-19-11-17(5-6-21(19)27(34)37)22-15-33(4)26(32-22)18-9-16(13-30)10-20(29)12-18/h5-6,9-12,15,23H,7-8,14H2,1-4H3,(H2,31,36). The van der Waals surface area contributed by atoms with Gasteiger partial charge in [0.1, 0.15) is 23.3 Å². The molecule has 38 heavy (non-hydrogen) atoms. The number of primary amides is 1. The number of esters is 1. The molecule has 4 rings (SSSR count). The third-order valence-electron chi connectivity index (χ3n) is 6.14. The van der Waals surface area contributed by atoms with Gasteiger partial charge in [-0.3, -0.25) is 14.4 Å². The number of amides is 2. The summed E-state index contributed by atoms with van der Waals surface area (Å²) in [5.41, 5.74) is 8.06. The van der Waals surface area contributed by atoms with Crippen molar-refractivity contribution in [3.63, 3.8) is 0 Å². The lowest BCUT2D eigenvalue weighted by atomic mass is 10.0. The minimum Gasteiger partial charge on any atom is -0.460 e. The average molecular weight is 518 g/mol. The normalized spacial score (nSPS) is 13.7. The van der Waals surface area contributed by atoms with Gasteiger partial charge in [-0.2, -0.15) is 5.26 Å². The zero-order chi connectivity index (χ0) is 27.8. The van der Waals surface area contributed by atoms with E-state index in [1.54, 1.807) is 56.8 Å². The first-order chi connectivity index (χ1) is 17.9. The predicted octanol–water partition coefficient (Wildman–Crippen LogP) is 3.70. The number of imidazole rings is 1. The number of nitrogens with zero attached hydrogens (tertiary/aromatic N) is 4. The second-order valence-corrected chi connectivity index (χ2v) is 10.2. The van der Waals surface area contributed by atoms with Crippen molar-refractivity contribution in [1.29, 1.82) is 5.26 Å². The van der Waals surface area contributed by atoms with Crippen molar-refractivity contribution in [2.75, 3.05) is 0 Å². The van der Waals surface area contributed by atoms with Gasteiger partial charge in [0.25, 0.3) is 5.91 Å². The summed E-state index contributed by atoms with van der Waals surface area (Å²) >= 11 is 0. The maximum absolute atomic E-state index is 14.0. The van der Waals surface area contributed by atoms with Gasteiger partial charge in [-0.05, 0) is 63.1 Å². The van der Waals surface area contributed by atoms with Crippen LogP contribution < -0.4 is 5.73 Å². The molecule has 0 aliphatic carbocycles. The fourth-order valence-corrected chi connectivity index (χ4v) is 4.51. The minimum atomic E-state index is -0.963. The number of nitriles is 1. The number of aromatic nitrogens is 2. The number of ether oxygens (including phenoxy) is 1. The van der Waals surface area contributed by atoms with Crippen LogP contribution in [0.25, 0.3) is 22.6 Å². The molecule has 9 nitrogen and oxygen atoms in total. The minimum absolute atomic E-state index is 0.0543. The maximum atomic E-state index is 14.0. The largest absolute Gasteiger partial charge is 0.460 e. The first-order valence-electron chi connectivity index (χ1n) is 12.1. The number of hydrogen-bond acceptors (Lipinski definition) is 6. The first-order valence-corrected chi connectivity index (χ1v) is 12.1. The molecular weight excluding hydrogens is 489 g/mol. The SMILES string of the molecule is Cn1cc(-c2ccc3c(c2)CN(C(CCC(=O)OC(C)(C)C)C(N)=O)C3=O)nc1-c1cc(F)cc(C#N)c1. The van der Waals surface area contributed by atoms with Crippen molar-refractivity contribution >= 4 is 17.8 Å². The van der Waals surface area contributed by atoms with Crippen LogP contribution in [-0.4, -0.2) is 43.9 Å². The van der Waals surface area contributed by atoms with E-state index in [0.29, 0.717) is 28.2 Å². The summed E-state index contributed by atoms with van der Waals surface area (Å²) in [6.45, 7) is 5.40. The highest BCUT2D eigenvalue weighted by Crippen LogP contribution is 2.32. The molecule has 0 bridgehead atoms. The molecule has 2 aromatic carbocycles. The van der Waals surface area contributed by atoms with Gasteiger partial charge in [-0.25, -0.2) is 9.37 Å². The van der Waals surface area contributed by atoms with E-state index in [2.05, 4.69) is 4.98 Å². The van der Waals surface area contributed by atoms with E-state index < -0.39 is 29.3 Å². The first kappa shape index (κ1) is 26.5. The summed E-state index contributed by atoms with van der Waals surface area (Å²) in [5.74, 6) is -1.57. The van der Waals surface area contributed by atoms with Crippen molar-refractivity contribution in [3.05, 3.63) is 65.1 Å². The highest BCUT2D eigenvalue weighted by Gasteiger charge is 2.36. The van der Waals surface area contributed by atoms with E-state index in [0.717, 1.165) is 11.6 Å². The van der Waals surface area contributed by atoms with Gasteiger partial charge in [0, 0.05) is 42.9 Å². The summed E-state index contributed by atoms with van der Waals surface area (Å²) in [4.78, 5) is 43.5. The zero-order valence-corrected chi connectivity index (χ0v) is 21.6. The fourth-order valence-electron chi connectivity index (χ4n) is 4.51. The van der Waals surface area contributed by atoms with Crippen LogP contribution in [0.2, 0.25) is 0 Å². The van der Waals surface area contributed by atoms with Crippen LogP contribution >= 0.6 is 0 Å². The van der Waals surface area contributed by atoms with Gasteiger partial charge in [-0.15, -0.1) is 0 Å². The van der Waals surface area contributed by atoms with E-state index >= 15 is 0 Å². The van der Waals surface area contributed by atoms with Crippen LogP contribution in [0.4, 0.5) is 4.39 Å². The Kier molecular flexibility index (Phi) is 7.05. The Morgan fingerprint density at radius 1 is 1.21 bits per heavy atom. The number of fused-ring (bicyclic) bond motifs is 1. The molecule has 10 heteroatoms. The summed E-state index contributed by atoms with van der Waals surface area (Å²) in [7, 11) is 1.77. The fraction of sp³-hybridized carbons (Fsp3) is 0.321. The Labute approximate surface area is 219 Å². The second-order valence-electron chi connectivity index (χ2n) is 10.2. The number of benzene rings is 2. The average Bonchev–Trinajstić information content (AvgIpc) is 3.37. The van der Waals surface area contributed by atoms with E-state index in [1.165, 1.54) is 11.0 Å². The lowest BCUT2D eigenvalue weighted by Crippen LogP contribution is -2.45. The van der Waals surface area contributed by atoms with Crippen LogP contribution in [0.15, 0.2) is 42.6 Å². The van der Waals surface area contributed by atoms with E-state index in [9.17, 15) is 18.8 Å². The molecule has 1 unspecified atom stereocenters. The van der Waals surface area contributed by atoms with Gasteiger partial charge in [0.05, 0.1) is 17.3 Å². The van der Waals surface area contributed by atoms with Gasteiger partial charge in [0.15, 0.2) is 0 Å². The lowest BCUT2D eigenvalue weighted by molar-refractivity contribution is -0.155. The summed E-state index contributed by atoms with van der Waals surface area (Å²) in [5, 5.41) is 9.17. The van der Waals surface area contributed by atoms with E-state index in [4.69, 9.17) is 15.7 Å². The molecule has 0 fully saturated rings. The Morgan fingerprint density at radius 3 is 2.61 bits per heavy atom. The molecule has 196 valence electrons. The number of rotatable bonds is 7. The van der Waals surface area contributed by atoms with Gasteiger partial charge >= 0.3 is 5.97 Å². The number of nitrogens with two attached hydrogens (primary N) is 1. The molecule has 2 amide bonds. The van der Waals surface area contributed by atoms with Crippen molar-refractivity contribution in [2.24, 2.45) is 12.8 Å². The van der Waals surface area contributed by atoms with Crippen LogP contribution in [-0.2, 0) is 27.9 Å². The molecule has 1 aromatic heterocycles. The van der Waals surface area contributed by atoms with Gasteiger partial charge in [-0.1, -0.05) is 6.07 Å². The number of aryl methyl sites for hydroxylation is 1. The predicted molar refractivity (Wildman–Crippen MR) is 137 cm³/mol. The molecule has 1 atom stereocenters. The molecule has 0 saturated heterocycles. The Morgan fingerprint density at radius 2 is 1.95 bits per heavy atom. The molecule has 2 N–H and O–H groups in total. The molecule has 1 aliphatic heterocycles. The smallest absolute Gasteiger partial charge is 0.306 e. The molecule has 0 spiro atoms. The molecule has 3 aromatic rings.